The lowest BCUT2D eigenvalue weighted by Crippen LogP contribution is -2.32. The van der Waals surface area contributed by atoms with Crippen LogP contribution in [0.15, 0.2) is 18.2 Å². The number of carbonyl (C=O) groups excluding carboxylic acids is 1. The number of hydrogen-bond donors (Lipinski definition) is 0. The number of halogens is 2. The minimum atomic E-state index is -0.0412. The highest BCUT2D eigenvalue weighted by Crippen LogP contribution is 2.24. The van der Waals surface area contributed by atoms with Gasteiger partial charge in [-0.15, -0.1) is 0 Å². The second-order valence-corrected chi connectivity index (χ2v) is 4.65. The maximum absolute atomic E-state index is 12.2. The number of hydrogen-bond acceptors (Lipinski definition) is 2. The Hall–Kier alpha value is -0.740. The summed E-state index contributed by atoms with van der Waals surface area (Å²) < 4.78 is 5.18. The minimum Gasteiger partial charge on any atom is -0.496 e. The number of nitrogens with zero attached hydrogens (tertiary/aromatic N) is 1. The second-order valence-electron chi connectivity index (χ2n) is 3.42. The lowest BCUT2D eigenvalue weighted by atomic mass is 10.1. The third kappa shape index (κ3) is 3.61. The van der Waals surface area contributed by atoms with E-state index in [1.165, 1.54) is 7.11 Å². The van der Waals surface area contributed by atoms with E-state index in [0.717, 1.165) is 5.33 Å². The van der Waals surface area contributed by atoms with Gasteiger partial charge in [0.2, 0.25) is 0 Å². The third-order valence-electron chi connectivity index (χ3n) is 2.42. The van der Waals surface area contributed by atoms with E-state index >= 15 is 0 Å². The molecule has 1 aromatic rings. The number of amides is 1. The fourth-order valence-electron chi connectivity index (χ4n) is 1.52. The zero-order chi connectivity index (χ0) is 12.8. The van der Waals surface area contributed by atoms with Crippen LogP contribution >= 0.6 is 27.5 Å². The predicted octanol–water partition coefficient (Wildman–Crippen LogP) is 3.21. The van der Waals surface area contributed by atoms with Crippen molar-refractivity contribution < 1.29 is 9.53 Å². The first kappa shape index (κ1) is 14.3. The molecule has 0 aliphatic rings. The smallest absolute Gasteiger partial charge is 0.257 e. The summed E-state index contributed by atoms with van der Waals surface area (Å²) in [7, 11) is 1.53. The molecular formula is C12H15BrClNO2. The molecule has 0 atom stereocenters. The molecule has 0 saturated heterocycles. The van der Waals surface area contributed by atoms with E-state index < -0.39 is 0 Å². The van der Waals surface area contributed by atoms with Crippen LogP contribution in [-0.4, -0.2) is 36.3 Å². The zero-order valence-electron chi connectivity index (χ0n) is 9.87. The van der Waals surface area contributed by atoms with Gasteiger partial charge in [0.15, 0.2) is 0 Å². The van der Waals surface area contributed by atoms with E-state index in [1.54, 1.807) is 23.1 Å². The fraction of sp³-hybridized carbons (Fsp3) is 0.417. The molecule has 5 heteroatoms. The number of ether oxygens (including phenoxy) is 1. The molecular weight excluding hydrogens is 305 g/mol. The van der Waals surface area contributed by atoms with Gasteiger partial charge in [0.05, 0.1) is 12.7 Å². The molecule has 0 aliphatic carbocycles. The van der Waals surface area contributed by atoms with Gasteiger partial charge in [0.1, 0.15) is 5.75 Å². The van der Waals surface area contributed by atoms with E-state index in [1.807, 2.05) is 6.92 Å². The van der Waals surface area contributed by atoms with Crippen molar-refractivity contribution in [2.75, 3.05) is 25.5 Å². The lowest BCUT2D eigenvalue weighted by molar-refractivity contribution is 0.0771. The van der Waals surface area contributed by atoms with Gasteiger partial charge < -0.3 is 9.64 Å². The van der Waals surface area contributed by atoms with Gasteiger partial charge in [0.25, 0.3) is 5.91 Å². The Balaban J connectivity index is 3.02. The van der Waals surface area contributed by atoms with E-state index in [-0.39, 0.29) is 5.91 Å². The highest BCUT2D eigenvalue weighted by atomic mass is 79.9. The van der Waals surface area contributed by atoms with Gasteiger partial charge in [-0.05, 0) is 25.1 Å². The van der Waals surface area contributed by atoms with Crippen molar-refractivity contribution >= 4 is 33.4 Å². The number of benzene rings is 1. The van der Waals surface area contributed by atoms with Crippen LogP contribution in [0.2, 0.25) is 5.02 Å². The van der Waals surface area contributed by atoms with Gasteiger partial charge in [-0.2, -0.15) is 0 Å². The summed E-state index contributed by atoms with van der Waals surface area (Å²) in [4.78, 5) is 14.0. The Morgan fingerprint density at radius 3 is 2.76 bits per heavy atom. The molecule has 1 aromatic carbocycles. The quantitative estimate of drug-likeness (QED) is 0.780. The summed E-state index contributed by atoms with van der Waals surface area (Å²) in [6.07, 6.45) is 0. The molecule has 0 aliphatic heterocycles. The number of methoxy groups -OCH3 is 1. The highest BCUT2D eigenvalue weighted by Gasteiger charge is 2.17. The van der Waals surface area contributed by atoms with Gasteiger partial charge in [0, 0.05) is 23.4 Å². The fourth-order valence-corrected chi connectivity index (χ4v) is 2.11. The number of alkyl halides is 1. The van der Waals surface area contributed by atoms with Crippen molar-refractivity contribution in [3.63, 3.8) is 0 Å². The maximum Gasteiger partial charge on any atom is 0.257 e. The molecule has 0 heterocycles. The summed E-state index contributed by atoms with van der Waals surface area (Å²) in [5.74, 6) is 0.469. The number of carbonyl (C=O) groups is 1. The van der Waals surface area contributed by atoms with Crippen LogP contribution < -0.4 is 4.74 Å². The minimum absolute atomic E-state index is 0.0412. The first-order chi connectivity index (χ1) is 8.13. The number of rotatable bonds is 5. The van der Waals surface area contributed by atoms with Crippen LogP contribution in [0.25, 0.3) is 0 Å². The normalized spacial score (nSPS) is 10.1. The molecule has 0 spiro atoms. The van der Waals surface area contributed by atoms with E-state index in [9.17, 15) is 4.79 Å². The van der Waals surface area contributed by atoms with Crippen LogP contribution in [0.3, 0.4) is 0 Å². The van der Waals surface area contributed by atoms with Crippen LogP contribution in [0, 0.1) is 0 Å². The van der Waals surface area contributed by atoms with E-state index in [2.05, 4.69) is 15.9 Å². The molecule has 94 valence electrons. The molecule has 0 radical (unpaired) electrons. The zero-order valence-corrected chi connectivity index (χ0v) is 12.2. The first-order valence-corrected chi connectivity index (χ1v) is 6.82. The molecule has 0 N–H and O–H groups in total. The van der Waals surface area contributed by atoms with Crippen molar-refractivity contribution in [1.82, 2.24) is 4.90 Å². The average Bonchev–Trinajstić information content (AvgIpc) is 2.34. The van der Waals surface area contributed by atoms with Crippen LogP contribution in [-0.2, 0) is 0 Å². The van der Waals surface area contributed by atoms with Crippen LogP contribution in [0.4, 0.5) is 0 Å². The topological polar surface area (TPSA) is 29.5 Å². The molecule has 0 fully saturated rings. The molecule has 0 saturated carbocycles. The molecule has 3 nitrogen and oxygen atoms in total. The Labute approximate surface area is 115 Å². The summed E-state index contributed by atoms with van der Waals surface area (Å²) in [5.41, 5.74) is 0.541. The van der Waals surface area contributed by atoms with Gasteiger partial charge in [-0.25, -0.2) is 0 Å². The predicted molar refractivity (Wildman–Crippen MR) is 73.4 cm³/mol. The van der Waals surface area contributed by atoms with Crippen molar-refractivity contribution in [2.45, 2.75) is 6.92 Å². The standard InChI is InChI=1S/C12H15BrClNO2/c1-3-15(7-6-13)12(16)10-5-4-9(14)8-11(10)17-2/h4-5,8H,3,6-7H2,1-2H3. The van der Waals surface area contributed by atoms with Crippen molar-refractivity contribution in [3.8, 4) is 5.75 Å². The monoisotopic (exact) mass is 319 g/mol. The second kappa shape index (κ2) is 6.87. The molecule has 1 rings (SSSR count). The SMILES string of the molecule is CCN(CCBr)C(=O)c1ccc(Cl)cc1OC. The average molecular weight is 321 g/mol. The van der Waals surface area contributed by atoms with Gasteiger partial charge >= 0.3 is 0 Å². The van der Waals surface area contributed by atoms with Crippen molar-refractivity contribution in [3.05, 3.63) is 28.8 Å². The molecule has 17 heavy (non-hydrogen) atoms. The summed E-state index contributed by atoms with van der Waals surface area (Å²) >= 11 is 9.20. The van der Waals surface area contributed by atoms with Gasteiger partial charge in [-0.3, -0.25) is 4.79 Å². The van der Waals surface area contributed by atoms with Crippen molar-refractivity contribution in [2.24, 2.45) is 0 Å². The molecule has 0 bridgehead atoms. The van der Waals surface area contributed by atoms with Crippen LogP contribution in [0.1, 0.15) is 17.3 Å². The Morgan fingerprint density at radius 2 is 2.24 bits per heavy atom. The summed E-state index contributed by atoms with van der Waals surface area (Å²) in [6, 6.07) is 5.04. The summed E-state index contributed by atoms with van der Waals surface area (Å²) in [5, 5.41) is 1.31. The Morgan fingerprint density at radius 1 is 1.53 bits per heavy atom. The van der Waals surface area contributed by atoms with Gasteiger partial charge in [-0.1, -0.05) is 27.5 Å². The highest BCUT2D eigenvalue weighted by molar-refractivity contribution is 9.09. The van der Waals surface area contributed by atoms with E-state index in [0.29, 0.717) is 29.4 Å². The Kier molecular flexibility index (Phi) is 5.78. The molecule has 0 aromatic heterocycles. The maximum atomic E-state index is 12.2. The van der Waals surface area contributed by atoms with Crippen LogP contribution in [0.5, 0.6) is 5.75 Å². The lowest BCUT2D eigenvalue weighted by Gasteiger charge is -2.20. The molecule has 0 unspecified atom stereocenters. The first-order valence-electron chi connectivity index (χ1n) is 5.32. The summed E-state index contributed by atoms with van der Waals surface area (Å²) in [6.45, 7) is 3.28. The Bertz CT molecular complexity index is 398. The van der Waals surface area contributed by atoms with Crippen molar-refractivity contribution in [1.29, 1.82) is 0 Å². The third-order valence-corrected chi connectivity index (χ3v) is 3.01. The largest absolute Gasteiger partial charge is 0.496 e. The molecule has 1 amide bonds. The van der Waals surface area contributed by atoms with E-state index in [4.69, 9.17) is 16.3 Å².